The highest BCUT2D eigenvalue weighted by Gasteiger charge is 2.22. The van der Waals surface area contributed by atoms with Crippen LogP contribution in [-0.2, 0) is 0 Å². The molecule has 0 aromatic rings. The Hall–Kier alpha value is -0.340. The number of allylic oxidation sites excluding steroid dienone is 1. The van der Waals surface area contributed by atoms with Crippen LogP contribution in [0.15, 0.2) is 11.6 Å². The summed E-state index contributed by atoms with van der Waals surface area (Å²) in [7, 11) is 0. The average molecular weight is 158 g/mol. The normalized spacial score (nSPS) is 14.4. The minimum Gasteiger partial charge on any atom is -0.390 e. The van der Waals surface area contributed by atoms with E-state index in [0.717, 1.165) is 5.57 Å². The minimum absolute atomic E-state index is 0.520. The maximum absolute atomic E-state index is 9.34. The molecule has 11 heavy (non-hydrogen) atoms. The van der Waals surface area contributed by atoms with Crippen LogP contribution >= 0.6 is 0 Å². The van der Waals surface area contributed by atoms with Crippen LogP contribution in [-0.4, -0.2) is 21.9 Å². The van der Waals surface area contributed by atoms with Crippen molar-refractivity contribution >= 4 is 0 Å². The van der Waals surface area contributed by atoms with E-state index in [1.165, 1.54) is 0 Å². The number of aliphatic hydroxyl groups is 2. The summed E-state index contributed by atoms with van der Waals surface area (Å²) in [5.41, 5.74) is 0.166. The first-order valence-electron chi connectivity index (χ1n) is 3.88. The molecule has 0 aliphatic heterocycles. The van der Waals surface area contributed by atoms with Crippen molar-refractivity contribution in [1.29, 1.82) is 0 Å². The first-order chi connectivity index (χ1) is 4.84. The Morgan fingerprint density at radius 2 is 1.91 bits per heavy atom. The van der Waals surface area contributed by atoms with Gasteiger partial charge < -0.3 is 10.2 Å². The van der Waals surface area contributed by atoms with Crippen molar-refractivity contribution in [1.82, 2.24) is 0 Å². The third-order valence-corrected chi connectivity index (χ3v) is 1.56. The summed E-state index contributed by atoms with van der Waals surface area (Å²) in [4.78, 5) is 0. The van der Waals surface area contributed by atoms with Crippen LogP contribution in [0.2, 0.25) is 0 Å². The lowest BCUT2D eigenvalue weighted by Crippen LogP contribution is -2.35. The van der Waals surface area contributed by atoms with Gasteiger partial charge in [0.1, 0.15) is 0 Å². The van der Waals surface area contributed by atoms with E-state index < -0.39 is 11.7 Å². The van der Waals surface area contributed by atoms with Gasteiger partial charge in [-0.15, -0.1) is 0 Å². The predicted octanol–water partition coefficient (Wildman–Crippen LogP) is 1.47. The Morgan fingerprint density at radius 1 is 1.45 bits per heavy atom. The molecule has 0 aromatic carbocycles. The zero-order valence-electron chi connectivity index (χ0n) is 7.76. The number of hydrogen-bond acceptors (Lipinski definition) is 2. The van der Waals surface area contributed by atoms with Gasteiger partial charge in [0.2, 0.25) is 0 Å². The molecule has 0 saturated heterocycles. The summed E-state index contributed by atoms with van der Waals surface area (Å²) < 4.78 is 0. The third kappa shape index (κ3) is 4.99. The Morgan fingerprint density at radius 3 is 2.18 bits per heavy atom. The molecule has 0 bridgehead atoms. The first-order valence-corrected chi connectivity index (χ1v) is 3.88. The molecule has 0 fully saturated rings. The monoisotopic (exact) mass is 158 g/mol. The molecule has 0 unspecified atom stereocenters. The molecule has 0 aromatic heterocycles. The molecule has 0 aliphatic rings. The van der Waals surface area contributed by atoms with E-state index in [4.69, 9.17) is 0 Å². The van der Waals surface area contributed by atoms with Gasteiger partial charge in [-0.1, -0.05) is 11.6 Å². The Balaban J connectivity index is 3.89. The van der Waals surface area contributed by atoms with E-state index in [1.54, 1.807) is 13.8 Å². The third-order valence-electron chi connectivity index (χ3n) is 1.56. The van der Waals surface area contributed by atoms with E-state index in [-0.39, 0.29) is 0 Å². The van der Waals surface area contributed by atoms with Crippen molar-refractivity contribution in [3.63, 3.8) is 0 Å². The van der Waals surface area contributed by atoms with Gasteiger partial charge in [-0.3, -0.25) is 0 Å². The first kappa shape index (κ1) is 10.7. The predicted molar refractivity (Wildman–Crippen MR) is 46.4 cm³/mol. The van der Waals surface area contributed by atoms with Gasteiger partial charge >= 0.3 is 0 Å². The molecule has 0 saturated carbocycles. The van der Waals surface area contributed by atoms with Crippen molar-refractivity contribution in [3.05, 3.63) is 11.6 Å². The van der Waals surface area contributed by atoms with Crippen LogP contribution in [0, 0.1) is 0 Å². The maximum Gasteiger partial charge on any atom is 0.0856 e. The second-order valence-corrected chi connectivity index (χ2v) is 3.69. The van der Waals surface area contributed by atoms with E-state index in [1.807, 2.05) is 19.9 Å². The molecule has 0 aliphatic carbocycles. The molecule has 2 N–H and O–H groups in total. The summed E-state index contributed by atoms with van der Waals surface area (Å²) in [6.45, 7) is 7.15. The highest BCUT2D eigenvalue weighted by molar-refractivity contribution is 4.96. The average Bonchev–Trinajstić information content (AvgIpc) is 1.80. The second-order valence-electron chi connectivity index (χ2n) is 3.69. The smallest absolute Gasteiger partial charge is 0.0856 e. The van der Waals surface area contributed by atoms with Crippen LogP contribution in [0.5, 0.6) is 0 Å². The maximum atomic E-state index is 9.34. The zero-order chi connectivity index (χ0) is 9.07. The summed E-state index contributed by atoms with van der Waals surface area (Å²) in [5.74, 6) is 0. The number of aliphatic hydroxyl groups excluding tert-OH is 1. The highest BCUT2D eigenvalue weighted by Crippen LogP contribution is 2.12. The van der Waals surface area contributed by atoms with Crippen molar-refractivity contribution < 1.29 is 10.2 Å². The van der Waals surface area contributed by atoms with Gasteiger partial charge in [0, 0.05) is 0 Å². The largest absolute Gasteiger partial charge is 0.390 e. The number of hydrogen-bond donors (Lipinski definition) is 2. The quantitative estimate of drug-likeness (QED) is 0.611. The standard InChI is InChI=1S/C9H18O2/c1-7(2)5-6-8(10)9(3,4)11/h5,8,10-11H,6H2,1-4H3/t8-/m0/s1. The van der Waals surface area contributed by atoms with Crippen molar-refractivity contribution in [3.8, 4) is 0 Å². The lowest BCUT2D eigenvalue weighted by molar-refractivity contribution is -0.0457. The Labute approximate surface area is 68.6 Å². The minimum atomic E-state index is -0.994. The summed E-state index contributed by atoms with van der Waals surface area (Å²) >= 11 is 0. The van der Waals surface area contributed by atoms with Crippen LogP contribution < -0.4 is 0 Å². The molecular formula is C9H18O2. The van der Waals surface area contributed by atoms with Gasteiger partial charge in [-0.05, 0) is 34.1 Å². The van der Waals surface area contributed by atoms with E-state index in [2.05, 4.69) is 0 Å². The summed E-state index contributed by atoms with van der Waals surface area (Å²) in [6.07, 6.45) is 1.77. The molecule has 0 heterocycles. The van der Waals surface area contributed by atoms with Gasteiger partial charge in [0.05, 0.1) is 11.7 Å². The molecule has 2 heteroatoms. The fourth-order valence-electron chi connectivity index (χ4n) is 0.636. The topological polar surface area (TPSA) is 40.5 Å². The lowest BCUT2D eigenvalue weighted by atomic mass is 9.98. The fourth-order valence-corrected chi connectivity index (χ4v) is 0.636. The Kier molecular flexibility index (Phi) is 3.76. The molecule has 0 rings (SSSR count). The van der Waals surface area contributed by atoms with Crippen molar-refractivity contribution in [2.24, 2.45) is 0 Å². The molecule has 2 nitrogen and oxygen atoms in total. The summed E-state index contributed by atoms with van der Waals surface area (Å²) in [5, 5.41) is 18.7. The van der Waals surface area contributed by atoms with Gasteiger partial charge in [-0.25, -0.2) is 0 Å². The SMILES string of the molecule is CC(C)=CC[C@H](O)C(C)(C)O. The zero-order valence-corrected chi connectivity index (χ0v) is 7.76. The van der Waals surface area contributed by atoms with Gasteiger partial charge in [0.25, 0.3) is 0 Å². The van der Waals surface area contributed by atoms with Crippen LogP contribution in [0.25, 0.3) is 0 Å². The molecule has 0 spiro atoms. The Bertz CT molecular complexity index is 138. The second kappa shape index (κ2) is 3.88. The van der Waals surface area contributed by atoms with Gasteiger partial charge in [0.15, 0.2) is 0 Å². The molecule has 1 atom stereocenters. The van der Waals surface area contributed by atoms with Gasteiger partial charge in [-0.2, -0.15) is 0 Å². The van der Waals surface area contributed by atoms with E-state index >= 15 is 0 Å². The molecular weight excluding hydrogens is 140 g/mol. The fraction of sp³-hybridized carbons (Fsp3) is 0.778. The molecule has 0 amide bonds. The molecule has 66 valence electrons. The number of rotatable bonds is 3. The van der Waals surface area contributed by atoms with Crippen molar-refractivity contribution in [2.75, 3.05) is 0 Å². The van der Waals surface area contributed by atoms with Crippen LogP contribution in [0.1, 0.15) is 34.1 Å². The van der Waals surface area contributed by atoms with Crippen LogP contribution in [0.4, 0.5) is 0 Å². The van der Waals surface area contributed by atoms with Crippen LogP contribution in [0.3, 0.4) is 0 Å². The van der Waals surface area contributed by atoms with E-state index in [0.29, 0.717) is 6.42 Å². The summed E-state index contributed by atoms with van der Waals surface area (Å²) in [6, 6.07) is 0. The molecule has 0 radical (unpaired) electrons. The van der Waals surface area contributed by atoms with Crippen molar-refractivity contribution in [2.45, 2.75) is 45.8 Å². The lowest BCUT2D eigenvalue weighted by Gasteiger charge is -2.23. The highest BCUT2D eigenvalue weighted by atomic mass is 16.3. The van der Waals surface area contributed by atoms with E-state index in [9.17, 15) is 10.2 Å².